The molecule has 6 amide bonds. The van der Waals surface area contributed by atoms with Crippen LogP contribution in [0.2, 0.25) is 0 Å². The number of carbonyl (C=O) groups is 6. The number of rotatable bonds is 15. The van der Waals surface area contributed by atoms with Crippen LogP contribution in [0, 0.1) is 5.92 Å². The van der Waals surface area contributed by atoms with Crippen LogP contribution in [-0.2, 0) is 37.9 Å². The van der Waals surface area contributed by atoms with Crippen LogP contribution < -0.4 is 27.4 Å². The van der Waals surface area contributed by atoms with Crippen LogP contribution in [0.3, 0.4) is 0 Å². The molecule has 0 aromatic carbocycles. The minimum absolute atomic E-state index is 0.110. The van der Waals surface area contributed by atoms with Gasteiger partial charge in [-0.25, -0.2) is 4.57 Å². The van der Waals surface area contributed by atoms with Gasteiger partial charge in [0.1, 0.15) is 30.2 Å². The fraction of sp³-hybridized carbons (Fsp3) is 0.760. The van der Waals surface area contributed by atoms with Crippen molar-refractivity contribution in [2.75, 3.05) is 26.2 Å². The first-order chi connectivity index (χ1) is 20.4. The maximum absolute atomic E-state index is 13.6. The molecule has 2 heterocycles. The molecule has 0 saturated carbocycles. The molecule has 0 aromatic rings. The minimum Gasteiger partial charge on any atom is -0.391 e. The van der Waals surface area contributed by atoms with E-state index in [2.05, 4.69) is 20.5 Å². The summed E-state index contributed by atoms with van der Waals surface area (Å²) in [7, 11) is -5.10. The number of nitrogens with one attached hydrogen (secondary N) is 3. The molecular weight excluding hydrogens is 605 g/mol. The molecule has 2 fully saturated rings. The smallest absolute Gasteiger partial charge is 0.391 e. The third kappa shape index (κ3) is 10.8. The van der Waals surface area contributed by atoms with Crippen molar-refractivity contribution in [1.82, 2.24) is 25.8 Å². The van der Waals surface area contributed by atoms with Crippen LogP contribution in [0.15, 0.2) is 0 Å². The lowest BCUT2D eigenvalue weighted by molar-refractivity contribution is -0.143. The van der Waals surface area contributed by atoms with E-state index in [4.69, 9.17) is 11.5 Å². The molecule has 0 radical (unpaired) electrons. The van der Waals surface area contributed by atoms with Gasteiger partial charge < -0.3 is 52.1 Å². The summed E-state index contributed by atoms with van der Waals surface area (Å²) in [6.07, 6.45) is 0.317. The summed E-state index contributed by atoms with van der Waals surface area (Å²) in [5, 5.41) is 17.0. The molecule has 250 valence electrons. The molecule has 2 aliphatic rings. The number of carbonyl (C=O) groups excluding carboxylic acids is 6. The first-order valence-corrected chi connectivity index (χ1v) is 15.9. The predicted octanol–water partition coefficient (Wildman–Crippen LogP) is -3.60. The Morgan fingerprint density at radius 2 is 1.45 bits per heavy atom. The Labute approximate surface area is 254 Å². The molecule has 0 bridgehead atoms. The quantitative estimate of drug-likeness (QED) is 0.0799. The van der Waals surface area contributed by atoms with Crippen LogP contribution in [-0.4, -0.2) is 123 Å². The fourth-order valence-corrected chi connectivity index (χ4v) is 5.43. The van der Waals surface area contributed by atoms with Crippen molar-refractivity contribution in [3.05, 3.63) is 0 Å². The second kappa shape index (κ2) is 16.2. The van der Waals surface area contributed by atoms with E-state index in [1.165, 1.54) is 11.8 Å². The van der Waals surface area contributed by atoms with Crippen LogP contribution in [0.1, 0.15) is 52.9 Å². The number of phosphoric ester groups is 1. The van der Waals surface area contributed by atoms with Gasteiger partial charge in [0, 0.05) is 13.1 Å². The molecule has 2 rings (SSSR count). The van der Waals surface area contributed by atoms with E-state index < -0.39 is 92.7 Å². The monoisotopic (exact) mass is 649 g/mol. The van der Waals surface area contributed by atoms with Gasteiger partial charge >= 0.3 is 7.82 Å². The molecule has 0 aromatic heterocycles. The van der Waals surface area contributed by atoms with Crippen LogP contribution >= 0.6 is 7.82 Å². The fourth-order valence-electron chi connectivity index (χ4n) is 5.08. The highest BCUT2D eigenvalue weighted by Gasteiger charge is 2.41. The highest BCUT2D eigenvalue weighted by atomic mass is 31.2. The number of primary amides is 1. The van der Waals surface area contributed by atoms with Gasteiger partial charge in [-0.3, -0.25) is 33.3 Å². The Balaban J connectivity index is 2.25. The molecule has 0 spiro atoms. The Hall–Kier alpha value is -3.15. The van der Waals surface area contributed by atoms with Crippen molar-refractivity contribution in [2.24, 2.45) is 17.4 Å². The zero-order chi connectivity index (χ0) is 33.4. The number of nitrogens with two attached hydrogens (primary N) is 2. The second-order valence-electron chi connectivity index (χ2n) is 11.4. The number of aliphatic hydroxyl groups excluding tert-OH is 1. The van der Waals surface area contributed by atoms with E-state index in [-0.39, 0.29) is 31.8 Å². The largest absolute Gasteiger partial charge is 0.469 e. The van der Waals surface area contributed by atoms with Gasteiger partial charge in [0.2, 0.25) is 35.4 Å². The summed E-state index contributed by atoms with van der Waals surface area (Å²) >= 11 is 0. The van der Waals surface area contributed by atoms with Crippen molar-refractivity contribution in [3.63, 3.8) is 0 Å². The number of likely N-dealkylation sites (tertiary alicyclic amines) is 2. The highest BCUT2D eigenvalue weighted by Crippen LogP contribution is 2.35. The lowest BCUT2D eigenvalue weighted by Crippen LogP contribution is -2.60. The number of hydrogen-bond donors (Lipinski definition) is 8. The lowest BCUT2D eigenvalue weighted by Gasteiger charge is -2.31. The third-order valence-corrected chi connectivity index (χ3v) is 7.77. The minimum atomic E-state index is -5.10. The van der Waals surface area contributed by atoms with E-state index in [0.717, 1.165) is 4.90 Å². The van der Waals surface area contributed by atoms with Crippen molar-refractivity contribution >= 4 is 43.3 Å². The van der Waals surface area contributed by atoms with Gasteiger partial charge in [0.05, 0.1) is 19.3 Å². The predicted molar refractivity (Wildman–Crippen MR) is 153 cm³/mol. The van der Waals surface area contributed by atoms with E-state index in [1.54, 1.807) is 13.8 Å². The van der Waals surface area contributed by atoms with Gasteiger partial charge in [-0.15, -0.1) is 0 Å². The zero-order valence-electron chi connectivity index (χ0n) is 25.0. The van der Waals surface area contributed by atoms with Crippen molar-refractivity contribution in [3.8, 4) is 0 Å². The summed E-state index contributed by atoms with van der Waals surface area (Å²) in [4.78, 5) is 97.6. The SMILES string of the molecule is CC(C)C[C@H](NC(=O)[C@H](COP(=O)(O)O)NC(=O)[C@@H]1CCCN1C(=O)[C@@H](N)[C@@H](C)O)C(=O)N1CCC[C@H]1C(=O)NCC(N)=O. The summed E-state index contributed by atoms with van der Waals surface area (Å²) in [5.41, 5.74) is 10.8. The van der Waals surface area contributed by atoms with E-state index in [1.807, 2.05) is 0 Å². The van der Waals surface area contributed by atoms with Crippen molar-refractivity contribution in [2.45, 2.75) is 89.2 Å². The molecule has 2 saturated heterocycles. The first kappa shape index (κ1) is 37.0. The average Bonchev–Trinajstić information content (AvgIpc) is 3.61. The number of hydrogen-bond acceptors (Lipinski definition) is 10. The number of amides is 6. The molecule has 6 atom stereocenters. The van der Waals surface area contributed by atoms with E-state index in [9.17, 15) is 48.2 Å². The van der Waals surface area contributed by atoms with Gasteiger partial charge in [-0.2, -0.15) is 0 Å². The van der Waals surface area contributed by atoms with Gasteiger partial charge in [0.25, 0.3) is 0 Å². The standard InChI is InChI=1S/C25H44N7O11P/c1-13(2)10-15(24(38)31-8-4-6-17(31)22(36)28-11-19(26)34)29-21(35)16(12-43-44(40,41)42)30-23(37)18-7-5-9-32(18)25(39)20(27)14(3)33/h13-18,20,33H,4-12,27H2,1-3H3,(H2,26,34)(H,28,36)(H,29,35)(H,30,37)(H2,40,41,42)/t14-,15+,16+,17+,18+,20+/m1/s1. The Morgan fingerprint density at radius 3 is 1.95 bits per heavy atom. The molecule has 0 aliphatic carbocycles. The highest BCUT2D eigenvalue weighted by molar-refractivity contribution is 7.46. The molecule has 44 heavy (non-hydrogen) atoms. The van der Waals surface area contributed by atoms with Gasteiger partial charge in [-0.05, 0) is 44.9 Å². The van der Waals surface area contributed by atoms with Crippen molar-refractivity contribution in [1.29, 1.82) is 0 Å². The van der Waals surface area contributed by atoms with Crippen LogP contribution in [0.4, 0.5) is 0 Å². The molecule has 19 heteroatoms. The van der Waals surface area contributed by atoms with Gasteiger partial charge in [0.15, 0.2) is 0 Å². The maximum Gasteiger partial charge on any atom is 0.469 e. The molecule has 0 unspecified atom stereocenters. The lowest BCUT2D eigenvalue weighted by atomic mass is 10.0. The second-order valence-corrected chi connectivity index (χ2v) is 12.6. The topological polar surface area (TPSA) is 284 Å². The summed E-state index contributed by atoms with van der Waals surface area (Å²) in [6, 6.07) is -6.20. The molecule has 2 aliphatic heterocycles. The molecule has 18 nitrogen and oxygen atoms in total. The first-order valence-electron chi connectivity index (χ1n) is 14.3. The Morgan fingerprint density at radius 1 is 0.909 bits per heavy atom. The summed E-state index contributed by atoms with van der Waals surface area (Å²) < 4.78 is 15.9. The average molecular weight is 650 g/mol. The number of aliphatic hydroxyl groups is 1. The summed E-state index contributed by atoms with van der Waals surface area (Å²) in [6.45, 7) is 3.85. The maximum atomic E-state index is 13.6. The normalized spacial score (nSPS) is 21.4. The van der Waals surface area contributed by atoms with Crippen LogP contribution in [0.5, 0.6) is 0 Å². The number of nitrogens with zero attached hydrogens (tertiary/aromatic N) is 2. The van der Waals surface area contributed by atoms with E-state index in [0.29, 0.717) is 19.3 Å². The van der Waals surface area contributed by atoms with Crippen LogP contribution in [0.25, 0.3) is 0 Å². The third-order valence-electron chi connectivity index (χ3n) is 7.28. The Bertz CT molecular complexity index is 1130. The van der Waals surface area contributed by atoms with Crippen molar-refractivity contribution < 1.29 is 52.7 Å². The molecular formula is C25H44N7O11P. The van der Waals surface area contributed by atoms with E-state index >= 15 is 0 Å². The molecule has 10 N–H and O–H groups in total. The number of phosphoric acid groups is 1. The zero-order valence-corrected chi connectivity index (χ0v) is 25.9. The summed E-state index contributed by atoms with van der Waals surface area (Å²) in [5.74, 6) is -4.62. The van der Waals surface area contributed by atoms with Gasteiger partial charge in [-0.1, -0.05) is 13.8 Å². The Kier molecular flexibility index (Phi) is 13.7.